The summed E-state index contributed by atoms with van der Waals surface area (Å²) < 4.78 is 44.8. The van der Waals surface area contributed by atoms with Crippen LogP contribution in [0.3, 0.4) is 0 Å². The molecule has 0 heterocycles. The van der Waals surface area contributed by atoms with Crippen LogP contribution in [0.15, 0.2) is 24.3 Å². The van der Waals surface area contributed by atoms with Crippen LogP contribution < -0.4 is 15.8 Å². The average molecular weight is 278 g/mol. The van der Waals surface area contributed by atoms with E-state index in [1.54, 1.807) is 6.07 Å². The molecule has 0 bridgehead atoms. The first-order valence-corrected chi connectivity index (χ1v) is 5.35. The monoisotopic (exact) mass is 278 g/mol. The molecule has 0 atom stereocenters. The minimum absolute atomic E-state index is 0.0393. The first-order valence-electron chi connectivity index (χ1n) is 5.35. The minimum atomic E-state index is -4.73. The first-order chi connectivity index (χ1) is 8.88. The van der Waals surface area contributed by atoms with Crippen molar-refractivity contribution in [3.8, 4) is 5.75 Å². The Morgan fingerprint density at radius 1 is 1.32 bits per heavy atom. The molecule has 0 spiro atoms. The Morgan fingerprint density at radius 2 is 2.00 bits per heavy atom. The van der Waals surface area contributed by atoms with Crippen molar-refractivity contribution in [1.29, 1.82) is 0 Å². The van der Waals surface area contributed by atoms with E-state index in [9.17, 15) is 18.0 Å². The highest BCUT2D eigenvalue weighted by molar-refractivity contribution is 5.64. The van der Waals surface area contributed by atoms with Crippen LogP contribution in [0.5, 0.6) is 5.75 Å². The smallest absolute Gasteiger partial charge is 0.448 e. The summed E-state index contributed by atoms with van der Waals surface area (Å²) in [6.45, 7) is 0.454. The number of para-hydroxylation sites is 1. The van der Waals surface area contributed by atoms with E-state index < -0.39 is 12.5 Å². The lowest BCUT2D eigenvalue weighted by Crippen LogP contribution is -2.24. The maximum Gasteiger partial charge on any atom is 0.573 e. The van der Waals surface area contributed by atoms with Gasteiger partial charge < -0.3 is 20.5 Å². The van der Waals surface area contributed by atoms with E-state index in [-0.39, 0.29) is 25.4 Å². The second kappa shape index (κ2) is 6.83. The maximum absolute atomic E-state index is 12.1. The summed E-state index contributed by atoms with van der Waals surface area (Å²) in [7, 11) is 0. The molecule has 0 aliphatic carbocycles. The highest BCUT2D eigenvalue weighted by Gasteiger charge is 2.31. The van der Waals surface area contributed by atoms with Crippen molar-refractivity contribution in [3.05, 3.63) is 29.8 Å². The first kappa shape index (κ1) is 15.1. The fraction of sp³-hybridized carbons (Fsp3) is 0.364. The largest absolute Gasteiger partial charge is 0.573 e. The molecule has 1 aromatic rings. The van der Waals surface area contributed by atoms with E-state index in [0.717, 1.165) is 0 Å². The van der Waals surface area contributed by atoms with E-state index >= 15 is 0 Å². The summed E-state index contributed by atoms with van der Waals surface area (Å²) in [5, 5.41) is 2.80. The number of carbonyl (C=O) groups is 1. The molecular weight excluding hydrogens is 265 g/mol. The molecule has 0 aliphatic rings. The predicted molar refractivity (Wildman–Crippen MR) is 60.4 cm³/mol. The fourth-order valence-corrected chi connectivity index (χ4v) is 1.32. The molecule has 8 heteroatoms. The normalized spacial score (nSPS) is 11.1. The molecular formula is C11H13F3N2O3. The van der Waals surface area contributed by atoms with Crippen LogP contribution >= 0.6 is 0 Å². The Hall–Kier alpha value is -1.96. The molecule has 1 rings (SSSR count). The van der Waals surface area contributed by atoms with Crippen molar-refractivity contribution in [1.82, 2.24) is 5.32 Å². The zero-order valence-electron chi connectivity index (χ0n) is 9.87. The topological polar surface area (TPSA) is 73.6 Å². The predicted octanol–water partition coefficient (Wildman–Crippen LogP) is 1.77. The lowest BCUT2D eigenvalue weighted by molar-refractivity contribution is -0.274. The van der Waals surface area contributed by atoms with Gasteiger partial charge in [-0.2, -0.15) is 0 Å². The SMILES string of the molecule is NC(=O)OCCNCc1ccccc1OC(F)(F)F. The van der Waals surface area contributed by atoms with Crippen molar-refractivity contribution in [2.45, 2.75) is 12.9 Å². The van der Waals surface area contributed by atoms with Crippen LogP contribution in [0.4, 0.5) is 18.0 Å². The van der Waals surface area contributed by atoms with Gasteiger partial charge in [0.25, 0.3) is 0 Å². The molecule has 1 aromatic carbocycles. The molecule has 5 nitrogen and oxygen atoms in total. The second-order valence-corrected chi connectivity index (χ2v) is 3.50. The Labute approximate surface area is 107 Å². The third-order valence-electron chi connectivity index (χ3n) is 2.04. The number of alkyl halides is 3. The van der Waals surface area contributed by atoms with Crippen LogP contribution in [0.1, 0.15) is 5.56 Å². The molecule has 0 unspecified atom stereocenters. The van der Waals surface area contributed by atoms with Gasteiger partial charge in [-0.3, -0.25) is 0 Å². The van der Waals surface area contributed by atoms with Crippen molar-refractivity contribution < 1.29 is 27.4 Å². The van der Waals surface area contributed by atoms with Crippen LogP contribution in [0.25, 0.3) is 0 Å². The van der Waals surface area contributed by atoms with Gasteiger partial charge in [-0.25, -0.2) is 4.79 Å². The number of amides is 1. The molecule has 1 amide bonds. The summed E-state index contributed by atoms with van der Waals surface area (Å²) in [6.07, 6.45) is -5.63. The lowest BCUT2D eigenvalue weighted by Gasteiger charge is -2.13. The number of hydrogen-bond donors (Lipinski definition) is 2. The molecule has 0 aromatic heterocycles. The van der Waals surface area contributed by atoms with E-state index in [4.69, 9.17) is 5.73 Å². The lowest BCUT2D eigenvalue weighted by atomic mass is 10.2. The van der Waals surface area contributed by atoms with Crippen molar-refractivity contribution in [3.63, 3.8) is 0 Å². The number of hydrogen-bond acceptors (Lipinski definition) is 4. The molecule has 106 valence electrons. The van der Waals surface area contributed by atoms with Gasteiger partial charge in [0.2, 0.25) is 0 Å². The van der Waals surface area contributed by atoms with Gasteiger partial charge in [0, 0.05) is 18.7 Å². The highest BCUT2D eigenvalue weighted by Crippen LogP contribution is 2.25. The molecule has 0 radical (unpaired) electrons. The number of carbonyl (C=O) groups excluding carboxylic acids is 1. The number of nitrogens with two attached hydrogens (primary N) is 1. The fourth-order valence-electron chi connectivity index (χ4n) is 1.32. The van der Waals surface area contributed by atoms with Crippen LogP contribution in [-0.4, -0.2) is 25.6 Å². The molecule has 3 N–H and O–H groups in total. The zero-order chi connectivity index (χ0) is 14.3. The number of ether oxygens (including phenoxy) is 2. The van der Waals surface area contributed by atoms with Gasteiger partial charge in [0.1, 0.15) is 12.4 Å². The van der Waals surface area contributed by atoms with Crippen molar-refractivity contribution >= 4 is 6.09 Å². The van der Waals surface area contributed by atoms with Gasteiger partial charge in [0.05, 0.1) is 0 Å². The van der Waals surface area contributed by atoms with E-state index in [1.165, 1.54) is 18.2 Å². The second-order valence-electron chi connectivity index (χ2n) is 3.50. The van der Waals surface area contributed by atoms with Crippen LogP contribution in [0.2, 0.25) is 0 Å². The summed E-state index contributed by atoms with van der Waals surface area (Å²) in [5.41, 5.74) is 5.09. The number of benzene rings is 1. The summed E-state index contributed by atoms with van der Waals surface area (Å²) >= 11 is 0. The Balaban J connectivity index is 2.47. The van der Waals surface area contributed by atoms with Crippen LogP contribution in [0, 0.1) is 0 Å². The number of halogens is 3. The minimum Gasteiger partial charge on any atom is -0.448 e. The van der Waals surface area contributed by atoms with E-state index in [0.29, 0.717) is 5.56 Å². The van der Waals surface area contributed by atoms with Crippen LogP contribution in [-0.2, 0) is 11.3 Å². The molecule has 0 fully saturated rings. The third-order valence-corrected chi connectivity index (χ3v) is 2.04. The number of rotatable bonds is 6. The Morgan fingerprint density at radius 3 is 2.63 bits per heavy atom. The van der Waals surface area contributed by atoms with E-state index in [2.05, 4.69) is 14.8 Å². The van der Waals surface area contributed by atoms with Crippen molar-refractivity contribution in [2.24, 2.45) is 5.73 Å². The Bertz CT molecular complexity index is 424. The standard InChI is InChI=1S/C11H13F3N2O3/c12-11(13,14)19-9-4-2-1-3-8(9)7-16-5-6-18-10(15)17/h1-4,16H,5-7H2,(H2,15,17). The zero-order valence-corrected chi connectivity index (χ0v) is 9.87. The van der Waals surface area contributed by atoms with Gasteiger partial charge in [-0.1, -0.05) is 18.2 Å². The van der Waals surface area contributed by atoms with Gasteiger partial charge in [-0.05, 0) is 6.07 Å². The van der Waals surface area contributed by atoms with E-state index in [1.807, 2.05) is 0 Å². The molecule has 0 saturated carbocycles. The third kappa shape index (κ3) is 6.51. The highest BCUT2D eigenvalue weighted by atomic mass is 19.4. The van der Waals surface area contributed by atoms with Gasteiger partial charge >= 0.3 is 12.5 Å². The molecule has 0 aliphatic heterocycles. The van der Waals surface area contributed by atoms with Crippen molar-refractivity contribution in [2.75, 3.05) is 13.2 Å². The number of nitrogens with one attached hydrogen (secondary N) is 1. The number of primary amides is 1. The average Bonchev–Trinajstić information content (AvgIpc) is 2.28. The Kier molecular flexibility index (Phi) is 5.43. The van der Waals surface area contributed by atoms with Gasteiger partial charge in [-0.15, -0.1) is 13.2 Å². The molecule has 19 heavy (non-hydrogen) atoms. The maximum atomic E-state index is 12.1. The molecule has 0 saturated heterocycles. The summed E-state index contributed by atoms with van der Waals surface area (Å²) in [5.74, 6) is -0.265. The quantitative estimate of drug-likeness (QED) is 0.778. The van der Waals surface area contributed by atoms with Gasteiger partial charge in [0.15, 0.2) is 0 Å². The summed E-state index contributed by atoms with van der Waals surface area (Å²) in [6, 6.07) is 5.77. The summed E-state index contributed by atoms with van der Waals surface area (Å²) in [4.78, 5) is 10.3.